The molecule has 1 aliphatic heterocycles. The Morgan fingerprint density at radius 2 is 2.32 bits per heavy atom. The number of rotatable bonds is 6. The van der Waals surface area contributed by atoms with Crippen molar-refractivity contribution in [2.45, 2.75) is 51.2 Å². The van der Waals surface area contributed by atoms with Crippen molar-refractivity contribution in [3.05, 3.63) is 29.8 Å². The third kappa shape index (κ3) is 3.71. The van der Waals surface area contributed by atoms with Crippen molar-refractivity contribution < 1.29 is 9.84 Å². The van der Waals surface area contributed by atoms with Gasteiger partial charge in [-0.2, -0.15) is 0 Å². The summed E-state index contributed by atoms with van der Waals surface area (Å²) in [5.41, 5.74) is 1.08. The Hall–Kier alpha value is -1.06. The third-order valence-corrected chi connectivity index (χ3v) is 3.98. The zero-order valence-corrected chi connectivity index (χ0v) is 12.0. The minimum absolute atomic E-state index is 0.0827. The lowest BCUT2D eigenvalue weighted by Gasteiger charge is -2.34. The Morgan fingerprint density at radius 1 is 1.47 bits per heavy atom. The van der Waals surface area contributed by atoms with Crippen LogP contribution >= 0.6 is 0 Å². The topological polar surface area (TPSA) is 41.5 Å². The molecule has 0 amide bonds. The Labute approximate surface area is 116 Å². The highest BCUT2D eigenvalue weighted by Crippen LogP contribution is 2.30. The molecule has 0 aromatic heterocycles. The van der Waals surface area contributed by atoms with Gasteiger partial charge in [0.25, 0.3) is 0 Å². The molecule has 0 radical (unpaired) electrons. The first-order valence-electron chi connectivity index (χ1n) is 7.29. The molecule has 2 N–H and O–H groups in total. The van der Waals surface area contributed by atoms with Crippen LogP contribution < -0.4 is 5.32 Å². The highest BCUT2D eigenvalue weighted by atomic mass is 16.5. The van der Waals surface area contributed by atoms with Crippen LogP contribution in [0.1, 0.15) is 38.7 Å². The van der Waals surface area contributed by atoms with Crippen LogP contribution in [0.2, 0.25) is 0 Å². The minimum Gasteiger partial charge on any atom is -0.508 e. The summed E-state index contributed by atoms with van der Waals surface area (Å²) in [6.07, 6.45) is 4.26. The van der Waals surface area contributed by atoms with E-state index >= 15 is 0 Å². The number of ether oxygens (including phenoxy) is 1. The maximum atomic E-state index is 9.58. The molecule has 2 atom stereocenters. The molecule has 1 fully saturated rings. The minimum atomic E-state index is -0.0827. The summed E-state index contributed by atoms with van der Waals surface area (Å²) in [6, 6.07) is 7.83. The van der Waals surface area contributed by atoms with E-state index in [1.807, 2.05) is 12.1 Å². The molecule has 1 aliphatic rings. The second kappa shape index (κ2) is 6.40. The first-order chi connectivity index (χ1) is 9.14. The normalized spacial score (nSPS) is 24.5. The molecule has 1 aromatic carbocycles. The van der Waals surface area contributed by atoms with Gasteiger partial charge in [-0.15, -0.1) is 0 Å². The standard InChI is InChI=1S/C16H25NO2/c1-3-9-17-15(16(2)8-5-10-19-16)12-13-6-4-7-14(18)11-13/h4,6-7,11,15,17-18H,3,5,8-10,12H2,1-2H3. The summed E-state index contributed by atoms with van der Waals surface area (Å²) in [5.74, 6) is 0.337. The zero-order valence-electron chi connectivity index (χ0n) is 12.0. The van der Waals surface area contributed by atoms with Crippen molar-refractivity contribution in [1.29, 1.82) is 0 Å². The van der Waals surface area contributed by atoms with Gasteiger partial charge in [0.1, 0.15) is 5.75 Å². The Kier molecular flexibility index (Phi) is 4.83. The molecule has 19 heavy (non-hydrogen) atoms. The molecule has 2 rings (SSSR count). The number of aromatic hydroxyl groups is 1. The Bertz CT molecular complexity index is 399. The van der Waals surface area contributed by atoms with E-state index < -0.39 is 0 Å². The van der Waals surface area contributed by atoms with Crippen molar-refractivity contribution in [2.75, 3.05) is 13.2 Å². The van der Waals surface area contributed by atoms with Crippen LogP contribution in [0.3, 0.4) is 0 Å². The predicted molar refractivity (Wildman–Crippen MR) is 77.5 cm³/mol. The molecule has 0 bridgehead atoms. The lowest BCUT2D eigenvalue weighted by molar-refractivity contribution is -0.0114. The van der Waals surface area contributed by atoms with E-state index in [0.717, 1.165) is 44.4 Å². The molecule has 2 unspecified atom stereocenters. The zero-order chi connectivity index (χ0) is 13.7. The fraction of sp³-hybridized carbons (Fsp3) is 0.625. The summed E-state index contributed by atoms with van der Waals surface area (Å²) in [4.78, 5) is 0. The van der Waals surface area contributed by atoms with Gasteiger partial charge in [-0.05, 0) is 56.8 Å². The lowest BCUT2D eigenvalue weighted by atomic mass is 9.88. The lowest BCUT2D eigenvalue weighted by Crippen LogP contribution is -2.50. The summed E-state index contributed by atoms with van der Waals surface area (Å²) in [5, 5.41) is 13.2. The van der Waals surface area contributed by atoms with E-state index in [-0.39, 0.29) is 5.60 Å². The fourth-order valence-electron chi connectivity index (χ4n) is 2.82. The second-order valence-electron chi connectivity index (χ2n) is 5.65. The van der Waals surface area contributed by atoms with Gasteiger partial charge in [-0.1, -0.05) is 19.1 Å². The van der Waals surface area contributed by atoms with E-state index in [4.69, 9.17) is 4.74 Å². The molecule has 3 heteroatoms. The van der Waals surface area contributed by atoms with Gasteiger partial charge in [0.2, 0.25) is 0 Å². The number of nitrogens with one attached hydrogen (secondary N) is 1. The molecular weight excluding hydrogens is 238 g/mol. The number of hydrogen-bond donors (Lipinski definition) is 2. The third-order valence-electron chi connectivity index (χ3n) is 3.98. The second-order valence-corrected chi connectivity index (χ2v) is 5.65. The highest BCUT2D eigenvalue weighted by molar-refractivity contribution is 5.28. The van der Waals surface area contributed by atoms with Crippen LogP contribution in [-0.4, -0.2) is 29.9 Å². The van der Waals surface area contributed by atoms with Crippen molar-refractivity contribution in [3.63, 3.8) is 0 Å². The number of hydrogen-bond acceptors (Lipinski definition) is 3. The van der Waals surface area contributed by atoms with Crippen molar-refractivity contribution in [3.8, 4) is 5.75 Å². The monoisotopic (exact) mass is 263 g/mol. The first kappa shape index (κ1) is 14.4. The van der Waals surface area contributed by atoms with Crippen LogP contribution in [0, 0.1) is 0 Å². The Morgan fingerprint density at radius 3 is 2.95 bits per heavy atom. The van der Waals surface area contributed by atoms with E-state index in [2.05, 4.69) is 25.2 Å². The summed E-state index contributed by atoms with van der Waals surface area (Å²) in [7, 11) is 0. The van der Waals surface area contributed by atoms with Crippen molar-refractivity contribution in [2.24, 2.45) is 0 Å². The quantitative estimate of drug-likeness (QED) is 0.829. The average molecular weight is 263 g/mol. The van der Waals surface area contributed by atoms with E-state index in [0.29, 0.717) is 11.8 Å². The van der Waals surface area contributed by atoms with E-state index in [1.54, 1.807) is 6.07 Å². The van der Waals surface area contributed by atoms with Crippen LogP contribution in [0.25, 0.3) is 0 Å². The van der Waals surface area contributed by atoms with Crippen LogP contribution in [0.15, 0.2) is 24.3 Å². The van der Waals surface area contributed by atoms with Gasteiger partial charge in [0, 0.05) is 12.6 Å². The van der Waals surface area contributed by atoms with Gasteiger partial charge in [0.05, 0.1) is 5.60 Å². The molecule has 1 saturated heterocycles. The highest BCUT2D eigenvalue weighted by Gasteiger charge is 2.37. The van der Waals surface area contributed by atoms with Gasteiger partial charge >= 0.3 is 0 Å². The van der Waals surface area contributed by atoms with Crippen LogP contribution in [-0.2, 0) is 11.2 Å². The summed E-state index contributed by atoms with van der Waals surface area (Å²) in [6.45, 7) is 6.25. The SMILES string of the molecule is CCCNC(Cc1cccc(O)c1)C1(C)CCCO1. The Balaban J connectivity index is 2.09. The van der Waals surface area contributed by atoms with E-state index in [9.17, 15) is 5.11 Å². The maximum absolute atomic E-state index is 9.58. The van der Waals surface area contributed by atoms with Crippen molar-refractivity contribution in [1.82, 2.24) is 5.32 Å². The van der Waals surface area contributed by atoms with E-state index in [1.165, 1.54) is 0 Å². The molecule has 3 nitrogen and oxygen atoms in total. The van der Waals surface area contributed by atoms with Crippen LogP contribution in [0.5, 0.6) is 5.75 Å². The first-order valence-corrected chi connectivity index (χ1v) is 7.29. The molecule has 0 saturated carbocycles. The summed E-state index contributed by atoms with van der Waals surface area (Å²) < 4.78 is 5.98. The predicted octanol–water partition coefficient (Wildman–Crippen LogP) is 2.87. The largest absolute Gasteiger partial charge is 0.508 e. The van der Waals surface area contributed by atoms with Crippen molar-refractivity contribution >= 4 is 0 Å². The number of phenols is 1. The molecule has 1 aromatic rings. The molecule has 0 aliphatic carbocycles. The number of phenolic OH excluding ortho intramolecular Hbond substituents is 1. The van der Waals surface area contributed by atoms with Gasteiger partial charge in [0.15, 0.2) is 0 Å². The summed E-state index contributed by atoms with van der Waals surface area (Å²) >= 11 is 0. The van der Waals surface area contributed by atoms with Gasteiger partial charge in [-0.3, -0.25) is 0 Å². The molecule has 106 valence electrons. The number of benzene rings is 1. The fourth-order valence-corrected chi connectivity index (χ4v) is 2.82. The maximum Gasteiger partial charge on any atom is 0.115 e. The molecular formula is C16H25NO2. The van der Waals surface area contributed by atoms with Crippen LogP contribution in [0.4, 0.5) is 0 Å². The molecule has 1 heterocycles. The molecule has 0 spiro atoms. The smallest absolute Gasteiger partial charge is 0.115 e. The average Bonchev–Trinajstić information content (AvgIpc) is 2.82. The van der Waals surface area contributed by atoms with Gasteiger partial charge in [-0.25, -0.2) is 0 Å². The van der Waals surface area contributed by atoms with Gasteiger partial charge < -0.3 is 15.2 Å².